The van der Waals surface area contributed by atoms with Gasteiger partial charge in [0, 0.05) is 7.05 Å². The molecule has 0 aliphatic heterocycles. The Morgan fingerprint density at radius 1 is 1.37 bits per heavy atom. The van der Waals surface area contributed by atoms with Crippen molar-refractivity contribution in [3.8, 4) is 11.4 Å². The van der Waals surface area contributed by atoms with E-state index in [1.54, 1.807) is 0 Å². The second kappa shape index (κ2) is 4.69. The highest BCUT2D eigenvalue weighted by molar-refractivity contribution is 5.68. The predicted molar refractivity (Wildman–Crippen MR) is 58.9 cm³/mol. The zero-order chi connectivity index (χ0) is 14.2. The van der Waals surface area contributed by atoms with E-state index in [2.05, 4.69) is 10.2 Å². The summed E-state index contributed by atoms with van der Waals surface area (Å²) in [6.07, 6.45) is 0. The maximum atomic E-state index is 13.2. The van der Waals surface area contributed by atoms with E-state index < -0.39 is 28.9 Å². The van der Waals surface area contributed by atoms with E-state index in [-0.39, 0.29) is 17.2 Å². The van der Waals surface area contributed by atoms with Crippen LogP contribution < -0.4 is 0 Å². The van der Waals surface area contributed by atoms with Crippen LogP contribution in [0, 0.1) is 21.7 Å². The third-order valence-electron chi connectivity index (χ3n) is 2.58. The Hall–Kier alpha value is -2.42. The van der Waals surface area contributed by atoms with Gasteiger partial charge in [-0.3, -0.25) is 10.1 Å². The summed E-state index contributed by atoms with van der Waals surface area (Å²) in [5.74, 6) is -2.43. The van der Waals surface area contributed by atoms with Crippen LogP contribution in [0.15, 0.2) is 12.1 Å². The van der Waals surface area contributed by atoms with Crippen molar-refractivity contribution in [2.24, 2.45) is 7.05 Å². The Morgan fingerprint density at radius 3 is 2.53 bits per heavy atom. The summed E-state index contributed by atoms with van der Waals surface area (Å²) < 4.78 is 27.5. The van der Waals surface area contributed by atoms with Gasteiger partial charge in [-0.2, -0.15) is 0 Å². The zero-order valence-electron chi connectivity index (χ0n) is 9.67. The molecule has 2 rings (SSSR count). The van der Waals surface area contributed by atoms with E-state index in [9.17, 15) is 18.9 Å². The first kappa shape index (κ1) is 13.0. The van der Waals surface area contributed by atoms with Crippen molar-refractivity contribution in [2.75, 3.05) is 0 Å². The molecule has 0 atom stereocenters. The van der Waals surface area contributed by atoms with Crippen LogP contribution in [0.25, 0.3) is 11.4 Å². The van der Waals surface area contributed by atoms with Crippen LogP contribution in [0.2, 0.25) is 0 Å². The molecule has 0 aliphatic carbocycles. The molecular weight excluding hydrogens is 262 g/mol. The summed E-state index contributed by atoms with van der Waals surface area (Å²) >= 11 is 0. The Labute approximate surface area is 105 Å². The summed E-state index contributed by atoms with van der Waals surface area (Å²) in [5.41, 5.74) is -0.836. The average molecular weight is 270 g/mol. The highest BCUT2D eigenvalue weighted by Crippen LogP contribution is 2.30. The maximum Gasteiger partial charge on any atom is 0.283 e. The third-order valence-corrected chi connectivity index (χ3v) is 2.58. The number of aliphatic hydroxyl groups is 1. The van der Waals surface area contributed by atoms with Crippen molar-refractivity contribution in [1.82, 2.24) is 14.8 Å². The standard InChI is InChI=1S/C10H8F2N4O3/c1-15-9(4-17)13-14-10(15)5-2-6(11)7(12)3-8(5)16(18)19/h2-3,17H,4H2,1H3. The van der Waals surface area contributed by atoms with Crippen LogP contribution in [-0.2, 0) is 13.7 Å². The molecule has 0 fully saturated rings. The molecule has 0 saturated heterocycles. The van der Waals surface area contributed by atoms with Crippen LogP contribution in [0.3, 0.4) is 0 Å². The van der Waals surface area contributed by atoms with E-state index in [0.29, 0.717) is 12.1 Å². The molecule has 9 heteroatoms. The minimum absolute atomic E-state index is 0.0327. The Bertz CT molecular complexity index is 656. The molecule has 1 aromatic heterocycles. The monoisotopic (exact) mass is 270 g/mol. The molecule has 2 aromatic rings. The summed E-state index contributed by atoms with van der Waals surface area (Å²) in [4.78, 5) is 10.0. The summed E-state index contributed by atoms with van der Waals surface area (Å²) in [6, 6.07) is 1.16. The third kappa shape index (κ3) is 2.15. The molecular formula is C10H8F2N4O3. The number of rotatable bonds is 3. The van der Waals surface area contributed by atoms with Crippen LogP contribution in [0.5, 0.6) is 0 Å². The van der Waals surface area contributed by atoms with Crippen molar-refractivity contribution in [2.45, 2.75) is 6.61 Å². The lowest BCUT2D eigenvalue weighted by Crippen LogP contribution is -2.02. The number of aromatic nitrogens is 3. The van der Waals surface area contributed by atoms with E-state index in [1.165, 1.54) is 11.6 Å². The van der Waals surface area contributed by atoms with Crippen molar-refractivity contribution in [3.63, 3.8) is 0 Å². The van der Waals surface area contributed by atoms with Crippen LogP contribution >= 0.6 is 0 Å². The number of benzene rings is 1. The molecule has 0 saturated carbocycles. The quantitative estimate of drug-likeness (QED) is 0.667. The van der Waals surface area contributed by atoms with Crippen molar-refractivity contribution < 1.29 is 18.8 Å². The van der Waals surface area contributed by atoms with Gasteiger partial charge >= 0.3 is 0 Å². The van der Waals surface area contributed by atoms with Gasteiger partial charge in [-0.25, -0.2) is 8.78 Å². The van der Waals surface area contributed by atoms with Gasteiger partial charge in [0.15, 0.2) is 23.3 Å². The fourth-order valence-corrected chi connectivity index (χ4v) is 1.60. The van der Waals surface area contributed by atoms with Crippen LogP contribution in [0.1, 0.15) is 5.82 Å². The predicted octanol–water partition coefficient (Wildman–Crippen LogP) is 1.16. The number of hydrogen-bond acceptors (Lipinski definition) is 5. The molecule has 1 aromatic carbocycles. The highest BCUT2D eigenvalue weighted by atomic mass is 19.2. The normalized spacial score (nSPS) is 10.7. The largest absolute Gasteiger partial charge is 0.388 e. The lowest BCUT2D eigenvalue weighted by molar-refractivity contribution is -0.384. The van der Waals surface area contributed by atoms with Gasteiger partial charge in [0.25, 0.3) is 5.69 Å². The lowest BCUT2D eigenvalue weighted by atomic mass is 10.1. The second-order valence-electron chi connectivity index (χ2n) is 3.70. The Kier molecular flexibility index (Phi) is 3.21. The number of aliphatic hydroxyl groups excluding tert-OH is 1. The first-order valence-electron chi connectivity index (χ1n) is 5.08. The number of hydrogen-bond donors (Lipinski definition) is 1. The number of nitro benzene ring substituents is 1. The fraction of sp³-hybridized carbons (Fsp3) is 0.200. The van der Waals surface area contributed by atoms with Gasteiger partial charge in [-0.1, -0.05) is 0 Å². The van der Waals surface area contributed by atoms with Gasteiger partial charge in [-0.15, -0.1) is 10.2 Å². The SMILES string of the molecule is Cn1c(CO)nnc1-c1cc(F)c(F)cc1[N+](=O)[O-]. The minimum Gasteiger partial charge on any atom is -0.388 e. The first-order valence-corrected chi connectivity index (χ1v) is 5.08. The van der Waals surface area contributed by atoms with Crippen molar-refractivity contribution in [3.05, 3.63) is 39.7 Å². The van der Waals surface area contributed by atoms with Gasteiger partial charge in [0.2, 0.25) is 0 Å². The molecule has 0 amide bonds. The van der Waals surface area contributed by atoms with E-state index >= 15 is 0 Å². The first-order chi connectivity index (χ1) is 8.95. The fourth-order valence-electron chi connectivity index (χ4n) is 1.60. The number of nitrogens with zero attached hydrogens (tertiary/aromatic N) is 4. The van der Waals surface area contributed by atoms with Gasteiger partial charge in [0.05, 0.1) is 11.0 Å². The van der Waals surface area contributed by atoms with Crippen molar-refractivity contribution in [1.29, 1.82) is 0 Å². The molecule has 0 aliphatic rings. The number of nitro groups is 1. The summed E-state index contributed by atoms with van der Waals surface area (Å²) in [7, 11) is 1.45. The van der Waals surface area contributed by atoms with Gasteiger partial charge in [0.1, 0.15) is 12.2 Å². The van der Waals surface area contributed by atoms with E-state index in [0.717, 1.165) is 0 Å². The molecule has 19 heavy (non-hydrogen) atoms. The number of halogens is 2. The molecule has 100 valence electrons. The molecule has 7 nitrogen and oxygen atoms in total. The zero-order valence-corrected chi connectivity index (χ0v) is 9.67. The summed E-state index contributed by atoms with van der Waals surface area (Å²) in [6.45, 7) is -0.430. The molecule has 1 heterocycles. The van der Waals surface area contributed by atoms with Crippen LogP contribution in [-0.4, -0.2) is 24.8 Å². The highest BCUT2D eigenvalue weighted by Gasteiger charge is 2.24. The average Bonchev–Trinajstić information content (AvgIpc) is 2.73. The van der Waals surface area contributed by atoms with Crippen molar-refractivity contribution >= 4 is 5.69 Å². The van der Waals surface area contributed by atoms with E-state index in [4.69, 9.17) is 5.11 Å². The molecule has 0 spiro atoms. The molecule has 0 radical (unpaired) electrons. The molecule has 0 unspecified atom stereocenters. The smallest absolute Gasteiger partial charge is 0.283 e. The second-order valence-corrected chi connectivity index (χ2v) is 3.70. The van der Waals surface area contributed by atoms with Gasteiger partial charge in [-0.05, 0) is 6.07 Å². The topological polar surface area (TPSA) is 94.1 Å². The molecule has 1 N–H and O–H groups in total. The lowest BCUT2D eigenvalue weighted by Gasteiger charge is -2.04. The summed E-state index contributed by atoms with van der Waals surface area (Å²) in [5, 5.41) is 27.0. The molecule has 0 bridgehead atoms. The Balaban J connectivity index is 2.70. The minimum atomic E-state index is -1.32. The Morgan fingerprint density at radius 2 is 2.00 bits per heavy atom. The van der Waals surface area contributed by atoms with Crippen LogP contribution in [0.4, 0.5) is 14.5 Å². The van der Waals surface area contributed by atoms with E-state index in [1.807, 2.05) is 0 Å². The maximum absolute atomic E-state index is 13.2. The van der Waals surface area contributed by atoms with Gasteiger partial charge < -0.3 is 9.67 Å².